The number of hydrogen-bond acceptors (Lipinski definition) is 7. The summed E-state index contributed by atoms with van der Waals surface area (Å²) in [5.41, 5.74) is 2.81. The Bertz CT molecular complexity index is 1300. The van der Waals surface area contributed by atoms with Gasteiger partial charge in [0.1, 0.15) is 27.5 Å². The minimum absolute atomic E-state index is 0.140. The van der Waals surface area contributed by atoms with E-state index in [9.17, 15) is 8.42 Å². The average Bonchev–Trinajstić information content (AvgIpc) is 2.75. The van der Waals surface area contributed by atoms with Gasteiger partial charge in [-0.15, -0.1) is 0 Å². The third-order valence-electron chi connectivity index (χ3n) is 6.11. The van der Waals surface area contributed by atoms with E-state index in [-0.39, 0.29) is 17.7 Å². The molecule has 0 spiro atoms. The zero-order valence-electron chi connectivity index (χ0n) is 18.7. The van der Waals surface area contributed by atoms with Crippen LogP contribution in [0.1, 0.15) is 37.8 Å². The van der Waals surface area contributed by atoms with E-state index in [1.54, 1.807) is 12.1 Å². The fourth-order valence-electron chi connectivity index (χ4n) is 4.32. The lowest BCUT2D eigenvalue weighted by atomic mass is 9.88. The lowest BCUT2D eigenvalue weighted by Crippen LogP contribution is -2.57. The summed E-state index contributed by atoms with van der Waals surface area (Å²) in [6.45, 7) is 7.14. The van der Waals surface area contributed by atoms with Crippen molar-refractivity contribution in [1.82, 2.24) is 9.97 Å². The number of rotatable bonds is 6. The Labute approximate surface area is 189 Å². The summed E-state index contributed by atoms with van der Waals surface area (Å²) in [7, 11) is -2.99. The molecule has 1 aliphatic rings. The van der Waals surface area contributed by atoms with Crippen molar-refractivity contribution in [3.8, 4) is 6.07 Å². The van der Waals surface area contributed by atoms with E-state index in [1.165, 1.54) is 18.0 Å². The van der Waals surface area contributed by atoms with E-state index in [0.29, 0.717) is 23.1 Å². The van der Waals surface area contributed by atoms with Crippen LogP contribution in [-0.2, 0) is 9.84 Å². The van der Waals surface area contributed by atoms with Gasteiger partial charge in [-0.1, -0.05) is 19.9 Å². The van der Waals surface area contributed by atoms with Crippen LogP contribution in [0.5, 0.6) is 0 Å². The van der Waals surface area contributed by atoms with Crippen molar-refractivity contribution in [1.29, 1.82) is 5.26 Å². The molecule has 4 rings (SSSR count). The number of aromatic nitrogens is 2. The van der Waals surface area contributed by atoms with Crippen molar-refractivity contribution in [3.05, 3.63) is 53.9 Å². The van der Waals surface area contributed by atoms with Crippen LogP contribution in [0.25, 0.3) is 10.8 Å². The van der Waals surface area contributed by atoms with Crippen LogP contribution in [0.2, 0.25) is 0 Å². The van der Waals surface area contributed by atoms with Gasteiger partial charge in [-0.25, -0.2) is 18.4 Å². The normalized spacial score (nSPS) is 18.4. The van der Waals surface area contributed by atoms with Gasteiger partial charge in [0.25, 0.3) is 0 Å². The molecule has 0 amide bonds. The standard InChI is InChI=1S/C24H27N5O2S/c1-15(2)19-6-7-22(29-13-18(16(29)3)14-32(4,30)31)21-12-27-24(9-20(19)21)28-23-8-5-17(10-25)11-26-23/h5-9,11-12,15-16,18H,13-14H2,1-4H3,(H,26,27,28)/t16-,18-/m1/s1. The van der Waals surface area contributed by atoms with Gasteiger partial charge < -0.3 is 10.2 Å². The van der Waals surface area contributed by atoms with Crippen LogP contribution < -0.4 is 10.2 Å². The van der Waals surface area contributed by atoms with Crippen LogP contribution >= 0.6 is 0 Å². The Hall–Kier alpha value is -3.18. The highest BCUT2D eigenvalue weighted by Crippen LogP contribution is 2.39. The first-order valence-corrected chi connectivity index (χ1v) is 12.7. The van der Waals surface area contributed by atoms with Gasteiger partial charge in [-0.05, 0) is 48.1 Å². The molecule has 8 heteroatoms. The molecule has 2 aromatic heterocycles. The predicted octanol–water partition coefficient (Wildman–Crippen LogP) is 4.24. The number of nitrogens with zero attached hydrogens (tertiary/aromatic N) is 4. The minimum atomic E-state index is -2.99. The van der Waals surface area contributed by atoms with E-state index >= 15 is 0 Å². The molecular weight excluding hydrogens is 422 g/mol. The third-order valence-corrected chi connectivity index (χ3v) is 7.15. The third kappa shape index (κ3) is 4.39. The molecule has 3 heterocycles. The molecule has 1 fully saturated rings. The first-order valence-electron chi connectivity index (χ1n) is 10.7. The van der Waals surface area contributed by atoms with Crippen LogP contribution in [-0.4, -0.2) is 43.0 Å². The fraction of sp³-hybridized carbons (Fsp3) is 0.375. The molecule has 0 saturated carbocycles. The molecule has 7 nitrogen and oxygen atoms in total. The summed E-state index contributed by atoms with van der Waals surface area (Å²) in [6.07, 6.45) is 4.70. The van der Waals surface area contributed by atoms with E-state index in [1.807, 2.05) is 12.3 Å². The van der Waals surface area contributed by atoms with Crippen LogP contribution in [0.3, 0.4) is 0 Å². The molecule has 0 aliphatic carbocycles. The summed E-state index contributed by atoms with van der Waals surface area (Å²) in [4.78, 5) is 11.1. The number of sulfone groups is 1. The molecule has 1 N–H and O–H groups in total. The highest BCUT2D eigenvalue weighted by Gasteiger charge is 2.38. The summed E-state index contributed by atoms with van der Waals surface area (Å²) in [5, 5.41) is 14.3. The number of benzene rings is 1. The molecule has 0 unspecified atom stereocenters. The lowest BCUT2D eigenvalue weighted by Gasteiger charge is -2.48. The first kappa shape index (κ1) is 22.0. The highest BCUT2D eigenvalue weighted by molar-refractivity contribution is 7.90. The largest absolute Gasteiger partial charge is 0.368 e. The van der Waals surface area contributed by atoms with Crippen molar-refractivity contribution in [2.24, 2.45) is 5.92 Å². The van der Waals surface area contributed by atoms with E-state index in [4.69, 9.17) is 5.26 Å². The SMILES string of the molecule is CC(C)c1ccc(N2C[C@H](CS(C)(=O)=O)[C@H]2C)c2cnc(Nc3ccc(C#N)cn3)cc12. The topological polar surface area (TPSA) is 99.0 Å². The minimum Gasteiger partial charge on any atom is -0.368 e. The summed E-state index contributed by atoms with van der Waals surface area (Å²) in [5.74, 6) is 2.00. The number of nitriles is 1. The van der Waals surface area contributed by atoms with Crippen LogP contribution in [0.15, 0.2) is 42.7 Å². The molecule has 1 saturated heterocycles. The molecule has 3 aromatic rings. The molecule has 2 atom stereocenters. The predicted molar refractivity (Wildman–Crippen MR) is 128 cm³/mol. The van der Waals surface area contributed by atoms with E-state index in [2.05, 4.69) is 59.2 Å². The number of anilines is 3. The van der Waals surface area contributed by atoms with Gasteiger partial charge in [0.05, 0.1) is 11.3 Å². The monoisotopic (exact) mass is 449 g/mol. The Kier molecular flexibility index (Phi) is 5.78. The number of pyridine rings is 2. The summed E-state index contributed by atoms with van der Waals surface area (Å²) in [6, 6.07) is 12.0. The van der Waals surface area contributed by atoms with E-state index < -0.39 is 9.84 Å². The second-order valence-corrected chi connectivity index (χ2v) is 11.0. The van der Waals surface area contributed by atoms with Gasteiger partial charge in [0.15, 0.2) is 0 Å². The summed E-state index contributed by atoms with van der Waals surface area (Å²) >= 11 is 0. The van der Waals surface area contributed by atoms with Gasteiger partial charge in [-0.2, -0.15) is 5.26 Å². The average molecular weight is 450 g/mol. The molecule has 32 heavy (non-hydrogen) atoms. The Morgan fingerprint density at radius 2 is 1.91 bits per heavy atom. The molecule has 1 aromatic carbocycles. The van der Waals surface area contributed by atoms with Gasteiger partial charge in [0.2, 0.25) is 0 Å². The van der Waals surface area contributed by atoms with Crippen LogP contribution in [0, 0.1) is 17.2 Å². The Morgan fingerprint density at radius 1 is 1.16 bits per heavy atom. The Balaban J connectivity index is 1.67. The van der Waals surface area contributed by atoms with Gasteiger partial charge in [0, 0.05) is 48.2 Å². The quantitative estimate of drug-likeness (QED) is 0.601. The molecular formula is C24H27N5O2S. The van der Waals surface area contributed by atoms with Crippen molar-refractivity contribution in [3.63, 3.8) is 0 Å². The highest BCUT2D eigenvalue weighted by atomic mass is 32.2. The van der Waals surface area contributed by atoms with E-state index in [0.717, 1.165) is 23.0 Å². The maximum absolute atomic E-state index is 11.7. The van der Waals surface area contributed by atoms with Crippen molar-refractivity contribution in [2.75, 3.05) is 28.8 Å². The fourth-order valence-corrected chi connectivity index (χ4v) is 5.48. The smallest absolute Gasteiger partial charge is 0.147 e. The number of hydrogen-bond donors (Lipinski definition) is 1. The zero-order valence-corrected chi connectivity index (χ0v) is 19.5. The summed E-state index contributed by atoms with van der Waals surface area (Å²) < 4.78 is 23.4. The maximum Gasteiger partial charge on any atom is 0.147 e. The zero-order chi connectivity index (χ0) is 23.0. The number of fused-ring (bicyclic) bond motifs is 1. The second kappa shape index (κ2) is 8.40. The molecule has 0 bridgehead atoms. The van der Waals surface area contributed by atoms with Crippen molar-refractivity contribution >= 4 is 37.9 Å². The van der Waals surface area contributed by atoms with Crippen LogP contribution in [0.4, 0.5) is 17.3 Å². The maximum atomic E-state index is 11.7. The molecule has 166 valence electrons. The van der Waals surface area contributed by atoms with Gasteiger partial charge in [-0.3, -0.25) is 0 Å². The number of nitrogens with one attached hydrogen (secondary N) is 1. The lowest BCUT2D eigenvalue weighted by molar-refractivity contribution is 0.342. The molecule has 0 radical (unpaired) electrons. The van der Waals surface area contributed by atoms with Crippen molar-refractivity contribution < 1.29 is 8.42 Å². The first-order chi connectivity index (χ1) is 15.2. The van der Waals surface area contributed by atoms with Gasteiger partial charge >= 0.3 is 0 Å². The Morgan fingerprint density at radius 3 is 2.50 bits per heavy atom. The second-order valence-electron chi connectivity index (χ2n) is 8.86. The van der Waals surface area contributed by atoms with Crippen molar-refractivity contribution in [2.45, 2.75) is 32.7 Å². The molecule has 1 aliphatic heterocycles.